The zero-order chi connectivity index (χ0) is 26.6. The first-order valence-electron chi connectivity index (χ1n) is 12.6. The number of ether oxygens (including phenoxy) is 1. The Bertz CT molecular complexity index is 1160. The first kappa shape index (κ1) is 28.2. The second kappa shape index (κ2) is 11.8. The molecule has 0 aromatic heterocycles. The van der Waals surface area contributed by atoms with Gasteiger partial charge in [-0.05, 0) is 88.2 Å². The molecule has 3 rings (SSSR count). The second-order valence-electron chi connectivity index (χ2n) is 10.2. The van der Waals surface area contributed by atoms with Crippen molar-refractivity contribution in [3.05, 3.63) is 52.6 Å². The molecule has 7 nitrogen and oxygen atoms in total. The van der Waals surface area contributed by atoms with Gasteiger partial charge in [-0.1, -0.05) is 12.1 Å². The number of aryl methyl sites for hydroxylation is 3. The number of carbonyl (C=O) groups excluding carboxylic acids is 1. The fourth-order valence-corrected chi connectivity index (χ4v) is 6.69. The molecular formula is C28H41N3O4S. The van der Waals surface area contributed by atoms with E-state index in [1.807, 2.05) is 6.07 Å². The predicted octanol–water partition coefficient (Wildman–Crippen LogP) is 3.97. The van der Waals surface area contributed by atoms with Crippen molar-refractivity contribution in [3.63, 3.8) is 0 Å². The number of nitrogens with zero attached hydrogens (tertiary/aromatic N) is 3. The fraction of sp³-hybridized carbons (Fsp3) is 0.536. The van der Waals surface area contributed by atoms with E-state index in [2.05, 4.69) is 43.0 Å². The van der Waals surface area contributed by atoms with Crippen molar-refractivity contribution in [2.75, 3.05) is 52.8 Å². The van der Waals surface area contributed by atoms with Crippen molar-refractivity contribution in [2.45, 2.75) is 57.4 Å². The number of hydrogen-bond acceptors (Lipinski definition) is 6. The lowest BCUT2D eigenvalue weighted by Crippen LogP contribution is -2.42. The summed E-state index contributed by atoms with van der Waals surface area (Å²) in [7, 11) is 3.67. The molecule has 1 heterocycles. The van der Waals surface area contributed by atoms with Crippen LogP contribution in [0.5, 0.6) is 5.75 Å². The van der Waals surface area contributed by atoms with Crippen LogP contribution in [0, 0.1) is 20.8 Å². The molecule has 1 fully saturated rings. The Hall–Kier alpha value is -2.42. The molecule has 0 N–H and O–H groups in total. The molecule has 0 saturated carbocycles. The minimum atomic E-state index is -3.71. The largest absolute Gasteiger partial charge is 0.497 e. The number of sulfonamides is 1. The number of anilines is 1. The van der Waals surface area contributed by atoms with Gasteiger partial charge in [0.25, 0.3) is 0 Å². The molecule has 1 saturated heterocycles. The Balaban J connectivity index is 1.59. The van der Waals surface area contributed by atoms with Crippen LogP contribution in [-0.2, 0) is 21.2 Å². The molecule has 1 aliphatic heterocycles. The summed E-state index contributed by atoms with van der Waals surface area (Å²) in [5.41, 5.74) is 4.64. The van der Waals surface area contributed by atoms with E-state index < -0.39 is 10.0 Å². The molecule has 0 spiro atoms. The number of Topliss-reactive ketones (excluding diaryl/α,β-unsaturated/α-hetero) is 1. The summed E-state index contributed by atoms with van der Waals surface area (Å²) in [4.78, 5) is 17.8. The maximum Gasteiger partial charge on any atom is 0.243 e. The van der Waals surface area contributed by atoms with E-state index in [0.717, 1.165) is 31.5 Å². The summed E-state index contributed by atoms with van der Waals surface area (Å²) in [6.07, 6.45) is 2.78. The number of methoxy groups -OCH3 is 1. The van der Waals surface area contributed by atoms with Gasteiger partial charge in [0.15, 0.2) is 0 Å². The van der Waals surface area contributed by atoms with Gasteiger partial charge in [-0.15, -0.1) is 0 Å². The zero-order valence-electron chi connectivity index (χ0n) is 22.8. The van der Waals surface area contributed by atoms with Crippen LogP contribution in [0.1, 0.15) is 41.5 Å². The number of piperidine rings is 1. The Morgan fingerprint density at radius 1 is 1.00 bits per heavy atom. The molecule has 8 heteroatoms. The number of ketones is 1. The topological polar surface area (TPSA) is 70.2 Å². The molecule has 0 radical (unpaired) electrons. The Kier molecular flexibility index (Phi) is 9.19. The van der Waals surface area contributed by atoms with E-state index in [1.54, 1.807) is 33.1 Å². The monoisotopic (exact) mass is 515 g/mol. The maximum atomic E-state index is 13.2. The van der Waals surface area contributed by atoms with Crippen molar-refractivity contribution in [1.82, 2.24) is 9.21 Å². The summed E-state index contributed by atoms with van der Waals surface area (Å²) in [5, 5.41) is 0. The fourth-order valence-electron chi connectivity index (χ4n) is 5.11. The van der Waals surface area contributed by atoms with Crippen molar-refractivity contribution in [1.29, 1.82) is 0 Å². The standard InChI is InChI=1S/C28H41N3O4S/c1-20-16-23(8-9-27(20)31-14-10-24(11-15-31)29(4)5)19-25(32)12-13-30(6)36(33,34)28-21(2)17-26(35-7)18-22(28)3/h8-9,16-18,24H,10-15,19H2,1-7H3. The van der Waals surface area contributed by atoms with Crippen LogP contribution >= 0.6 is 0 Å². The Morgan fingerprint density at radius 3 is 2.14 bits per heavy atom. The minimum Gasteiger partial charge on any atom is -0.497 e. The smallest absolute Gasteiger partial charge is 0.243 e. The van der Waals surface area contributed by atoms with Crippen LogP contribution in [0.3, 0.4) is 0 Å². The van der Waals surface area contributed by atoms with E-state index in [0.29, 0.717) is 29.3 Å². The highest BCUT2D eigenvalue weighted by atomic mass is 32.2. The molecule has 0 bridgehead atoms. The van der Waals surface area contributed by atoms with Crippen LogP contribution in [0.25, 0.3) is 0 Å². The van der Waals surface area contributed by atoms with Crippen molar-refractivity contribution < 1.29 is 17.9 Å². The average Bonchev–Trinajstić information content (AvgIpc) is 2.82. The van der Waals surface area contributed by atoms with Crippen LogP contribution in [-0.4, -0.2) is 77.3 Å². The third-order valence-electron chi connectivity index (χ3n) is 7.24. The number of carbonyl (C=O) groups is 1. The van der Waals surface area contributed by atoms with Crippen molar-refractivity contribution in [2.24, 2.45) is 0 Å². The quantitative estimate of drug-likeness (QED) is 0.477. The predicted molar refractivity (Wildman–Crippen MR) is 146 cm³/mol. The third kappa shape index (κ3) is 6.47. The van der Waals surface area contributed by atoms with Gasteiger partial charge >= 0.3 is 0 Å². The van der Waals surface area contributed by atoms with Gasteiger partial charge < -0.3 is 14.5 Å². The first-order valence-corrected chi connectivity index (χ1v) is 14.0. The number of rotatable bonds is 10. The molecule has 2 aromatic carbocycles. The zero-order valence-corrected chi connectivity index (χ0v) is 23.6. The highest BCUT2D eigenvalue weighted by molar-refractivity contribution is 7.89. The average molecular weight is 516 g/mol. The lowest BCUT2D eigenvalue weighted by atomic mass is 10.00. The van der Waals surface area contributed by atoms with Gasteiger partial charge in [0.2, 0.25) is 10.0 Å². The van der Waals surface area contributed by atoms with Gasteiger partial charge in [-0.25, -0.2) is 12.7 Å². The Morgan fingerprint density at radius 2 is 1.61 bits per heavy atom. The van der Waals surface area contributed by atoms with Crippen LogP contribution in [0.15, 0.2) is 35.2 Å². The normalized spacial score (nSPS) is 15.1. The van der Waals surface area contributed by atoms with Gasteiger partial charge in [-0.2, -0.15) is 0 Å². The highest BCUT2D eigenvalue weighted by Gasteiger charge is 2.26. The molecule has 1 aliphatic rings. The number of hydrogen-bond donors (Lipinski definition) is 0. The molecule has 36 heavy (non-hydrogen) atoms. The van der Waals surface area contributed by atoms with Gasteiger partial charge in [0.1, 0.15) is 11.5 Å². The van der Waals surface area contributed by atoms with Crippen LogP contribution in [0.4, 0.5) is 5.69 Å². The van der Waals surface area contributed by atoms with Gasteiger partial charge in [0, 0.05) is 51.3 Å². The molecule has 0 aliphatic carbocycles. The SMILES string of the molecule is COc1cc(C)c(S(=O)(=O)N(C)CCC(=O)Cc2ccc(N3CCC(N(C)C)CC3)c(C)c2)c(C)c1. The summed E-state index contributed by atoms with van der Waals surface area (Å²) in [5.74, 6) is 0.653. The van der Waals surface area contributed by atoms with Crippen molar-refractivity contribution >= 4 is 21.5 Å². The van der Waals surface area contributed by atoms with Crippen molar-refractivity contribution in [3.8, 4) is 5.75 Å². The molecular weight excluding hydrogens is 474 g/mol. The number of benzene rings is 2. The lowest BCUT2D eigenvalue weighted by Gasteiger charge is -2.37. The minimum absolute atomic E-state index is 0.0270. The molecule has 0 unspecified atom stereocenters. The molecule has 0 atom stereocenters. The summed E-state index contributed by atoms with van der Waals surface area (Å²) < 4.78 is 32.9. The van der Waals surface area contributed by atoms with E-state index in [9.17, 15) is 13.2 Å². The van der Waals surface area contributed by atoms with Gasteiger partial charge in [-0.3, -0.25) is 4.79 Å². The first-order chi connectivity index (χ1) is 16.9. The Labute approximate surface area is 217 Å². The van der Waals surface area contributed by atoms with Crippen LogP contribution in [0.2, 0.25) is 0 Å². The van der Waals surface area contributed by atoms with E-state index in [1.165, 1.54) is 22.6 Å². The summed E-state index contributed by atoms with van der Waals surface area (Å²) in [6.45, 7) is 7.84. The third-order valence-corrected chi connectivity index (χ3v) is 9.40. The summed E-state index contributed by atoms with van der Waals surface area (Å²) >= 11 is 0. The molecule has 2 aromatic rings. The maximum absolute atomic E-state index is 13.2. The highest BCUT2D eigenvalue weighted by Crippen LogP contribution is 2.28. The van der Waals surface area contributed by atoms with E-state index in [-0.39, 0.29) is 23.6 Å². The summed E-state index contributed by atoms with van der Waals surface area (Å²) in [6, 6.07) is 10.3. The molecule has 0 amide bonds. The lowest BCUT2D eigenvalue weighted by molar-refractivity contribution is -0.118. The van der Waals surface area contributed by atoms with Gasteiger partial charge in [0.05, 0.1) is 12.0 Å². The van der Waals surface area contributed by atoms with E-state index in [4.69, 9.17) is 4.74 Å². The van der Waals surface area contributed by atoms with Crippen LogP contribution < -0.4 is 9.64 Å². The second-order valence-corrected chi connectivity index (χ2v) is 12.2. The molecule has 198 valence electrons. The van der Waals surface area contributed by atoms with E-state index >= 15 is 0 Å².